The van der Waals surface area contributed by atoms with Crippen LogP contribution in [0.3, 0.4) is 0 Å². The number of nitrogens with zero attached hydrogens (tertiary/aromatic N) is 1. The van der Waals surface area contributed by atoms with Crippen LogP contribution in [0.2, 0.25) is 0 Å². The molecule has 0 aliphatic carbocycles. The van der Waals surface area contributed by atoms with Crippen molar-refractivity contribution in [2.24, 2.45) is 5.73 Å². The Kier molecular flexibility index (Phi) is 4.74. The van der Waals surface area contributed by atoms with Crippen molar-refractivity contribution >= 4 is 12.4 Å². The molecule has 0 bridgehead atoms. The van der Waals surface area contributed by atoms with Crippen LogP contribution in [0.5, 0.6) is 5.75 Å². The van der Waals surface area contributed by atoms with Crippen molar-refractivity contribution in [1.29, 1.82) is 5.26 Å². The quantitative estimate of drug-likeness (QED) is 0.770. The Morgan fingerprint density at radius 1 is 1.35 bits per heavy atom. The summed E-state index contributed by atoms with van der Waals surface area (Å²) < 4.78 is 49.6. The van der Waals surface area contributed by atoms with Crippen LogP contribution in [0.4, 0.5) is 17.6 Å². The third kappa shape index (κ3) is 2.99. The Morgan fingerprint density at radius 2 is 1.88 bits per heavy atom. The van der Waals surface area contributed by atoms with Crippen LogP contribution in [0.1, 0.15) is 17.2 Å². The lowest BCUT2D eigenvalue weighted by Gasteiger charge is -2.17. The number of aromatic hydroxyl groups is 1. The van der Waals surface area contributed by atoms with E-state index in [1.54, 1.807) is 0 Å². The lowest BCUT2D eigenvalue weighted by molar-refractivity contribution is -0.149. The van der Waals surface area contributed by atoms with Gasteiger partial charge in [-0.25, -0.2) is 4.39 Å². The fraction of sp³-hybridized carbons (Fsp3) is 0.222. The van der Waals surface area contributed by atoms with Crippen LogP contribution in [-0.2, 0) is 0 Å². The molecule has 0 aromatic heterocycles. The molecule has 0 saturated carbocycles. The van der Waals surface area contributed by atoms with Crippen LogP contribution in [0.25, 0.3) is 0 Å². The molecule has 0 amide bonds. The van der Waals surface area contributed by atoms with Crippen molar-refractivity contribution in [1.82, 2.24) is 0 Å². The molecule has 3 N–H and O–H groups in total. The predicted molar refractivity (Wildman–Crippen MR) is 53.0 cm³/mol. The topological polar surface area (TPSA) is 70.0 Å². The van der Waals surface area contributed by atoms with Crippen LogP contribution in [0.15, 0.2) is 12.1 Å². The normalized spacial score (nSPS) is 12.5. The molecule has 0 radical (unpaired) electrons. The van der Waals surface area contributed by atoms with Gasteiger partial charge in [0.1, 0.15) is 29.2 Å². The Balaban J connectivity index is 0.00000256. The van der Waals surface area contributed by atoms with E-state index >= 15 is 0 Å². The SMILES string of the molecule is Cl.N#Cc1c(F)ccc([C@H](N)C(F)(F)F)c1O. The highest BCUT2D eigenvalue weighted by molar-refractivity contribution is 5.85. The van der Waals surface area contributed by atoms with Crippen molar-refractivity contribution in [2.45, 2.75) is 12.2 Å². The standard InChI is InChI=1S/C9H6F4N2O.ClH/c10-6-2-1-4(7(16)5(6)3-14)8(15)9(11,12)13;/h1-2,8,16H,15H2;1H/t8-;/m0./s1. The molecule has 0 fully saturated rings. The molecule has 3 nitrogen and oxygen atoms in total. The van der Waals surface area contributed by atoms with Gasteiger partial charge in [-0.15, -0.1) is 12.4 Å². The Labute approximate surface area is 99.9 Å². The number of nitrogens with two attached hydrogens (primary N) is 1. The fourth-order valence-corrected chi connectivity index (χ4v) is 1.12. The highest BCUT2D eigenvalue weighted by Crippen LogP contribution is 2.36. The molecule has 17 heavy (non-hydrogen) atoms. The van der Waals surface area contributed by atoms with Crippen molar-refractivity contribution in [2.75, 3.05) is 0 Å². The maximum Gasteiger partial charge on any atom is 0.407 e. The second-order valence-electron chi connectivity index (χ2n) is 2.99. The average molecular weight is 271 g/mol. The second kappa shape index (κ2) is 5.21. The number of hydrogen-bond acceptors (Lipinski definition) is 3. The minimum absolute atomic E-state index is 0. The second-order valence-corrected chi connectivity index (χ2v) is 2.99. The molecule has 0 spiro atoms. The van der Waals surface area contributed by atoms with Gasteiger partial charge in [0.15, 0.2) is 0 Å². The number of phenols is 1. The highest BCUT2D eigenvalue weighted by Gasteiger charge is 2.39. The first kappa shape index (κ1) is 15.5. The van der Waals surface area contributed by atoms with E-state index in [9.17, 15) is 22.7 Å². The number of benzene rings is 1. The summed E-state index contributed by atoms with van der Waals surface area (Å²) in [7, 11) is 0. The molecular formula is C9H7ClF4N2O. The highest BCUT2D eigenvalue weighted by atomic mass is 35.5. The molecule has 0 unspecified atom stereocenters. The summed E-state index contributed by atoms with van der Waals surface area (Å²) in [5.74, 6) is -2.18. The van der Waals surface area contributed by atoms with Gasteiger partial charge in [0.25, 0.3) is 0 Å². The monoisotopic (exact) mass is 270 g/mol. The van der Waals surface area contributed by atoms with E-state index in [2.05, 4.69) is 0 Å². The number of alkyl halides is 3. The summed E-state index contributed by atoms with van der Waals surface area (Å²) >= 11 is 0. The zero-order valence-electron chi connectivity index (χ0n) is 8.12. The maximum absolute atomic E-state index is 12.9. The molecule has 0 heterocycles. The van der Waals surface area contributed by atoms with Gasteiger partial charge in [-0.2, -0.15) is 18.4 Å². The maximum atomic E-state index is 12.9. The zero-order valence-corrected chi connectivity index (χ0v) is 8.94. The summed E-state index contributed by atoms with van der Waals surface area (Å²) in [4.78, 5) is 0. The van der Waals surface area contributed by atoms with Gasteiger partial charge in [-0.1, -0.05) is 6.07 Å². The van der Waals surface area contributed by atoms with Gasteiger partial charge in [0.05, 0.1) is 0 Å². The number of hydrogen-bond donors (Lipinski definition) is 2. The van der Waals surface area contributed by atoms with E-state index in [0.29, 0.717) is 12.1 Å². The molecule has 8 heteroatoms. The van der Waals surface area contributed by atoms with E-state index in [1.165, 1.54) is 6.07 Å². The van der Waals surface area contributed by atoms with Gasteiger partial charge in [0, 0.05) is 5.56 Å². The van der Waals surface area contributed by atoms with E-state index in [0.717, 1.165) is 0 Å². The summed E-state index contributed by atoms with van der Waals surface area (Å²) in [5, 5.41) is 17.7. The first-order chi connectivity index (χ1) is 7.29. The Hall–Kier alpha value is -1.52. The molecule has 1 atom stereocenters. The van der Waals surface area contributed by atoms with Crippen LogP contribution in [-0.4, -0.2) is 11.3 Å². The van der Waals surface area contributed by atoms with Gasteiger partial charge in [-0.3, -0.25) is 0 Å². The lowest BCUT2D eigenvalue weighted by atomic mass is 10.0. The van der Waals surface area contributed by atoms with Crippen LogP contribution < -0.4 is 5.73 Å². The minimum Gasteiger partial charge on any atom is -0.506 e. The third-order valence-electron chi connectivity index (χ3n) is 1.96. The van der Waals surface area contributed by atoms with Crippen molar-refractivity contribution in [3.63, 3.8) is 0 Å². The predicted octanol–water partition coefficient (Wildman–Crippen LogP) is 2.39. The molecule has 0 saturated heterocycles. The molecule has 1 aromatic rings. The molecule has 1 aromatic carbocycles. The Bertz CT molecular complexity index is 456. The van der Waals surface area contributed by atoms with Gasteiger partial charge in [-0.05, 0) is 6.07 Å². The fourth-order valence-electron chi connectivity index (χ4n) is 1.12. The lowest BCUT2D eigenvalue weighted by Crippen LogP contribution is -2.28. The number of rotatable bonds is 1. The van der Waals surface area contributed by atoms with Crippen molar-refractivity contribution in [3.05, 3.63) is 29.1 Å². The van der Waals surface area contributed by atoms with E-state index in [-0.39, 0.29) is 12.4 Å². The minimum atomic E-state index is -4.78. The van der Waals surface area contributed by atoms with Crippen molar-refractivity contribution < 1.29 is 22.7 Å². The largest absolute Gasteiger partial charge is 0.506 e. The van der Waals surface area contributed by atoms with Gasteiger partial charge < -0.3 is 10.8 Å². The van der Waals surface area contributed by atoms with E-state index in [1.807, 2.05) is 0 Å². The molecule has 0 aliphatic rings. The third-order valence-corrected chi connectivity index (χ3v) is 1.96. The summed E-state index contributed by atoms with van der Waals surface area (Å²) in [6, 6.07) is 0.154. The van der Waals surface area contributed by atoms with Crippen molar-refractivity contribution in [3.8, 4) is 11.8 Å². The first-order valence-corrected chi connectivity index (χ1v) is 4.02. The number of nitriles is 1. The molecule has 1 rings (SSSR count). The smallest absolute Gasteiger partial charge is 0.407 e. The van der Waals surface area contributed by atoms with Crippen LogP contribution >= 0.6 is 12.4 Å². The van der Waals surface area contributed by atoms with Gasteiger partial charge >= 0.3 is 6.18 Å². The van der Waals surface area contributed by atoms with E-state index < -0.39 is 34.9 Å². The number of phenolic OH excluding ortho intramolecular Hbond substituents is 1. The molecular weight excluding hydrogens is 264 g/mol. The van der Waals surface area contributed by atoms with E-state index in [4.69, 9.17) is 11.0 Å². The molecule has 0 aliphatic heterocycles. The van der Waals surface area contributed by atoms with Crippen LogP contribution in [0, 0.1) is 17.1 Å². The summed E-state index contributed by atoms with van der Waals surface area (Å²) in [6.45, 7) is 0. The Morgan fingerprint density at radius 3 is 2.29 bits per heavy atom. The average Bonchev–Trinajstić information content (AvgIpc) is 2.16. The zero-order chi connectivity index (χ0) is 12.5. The molecule has 94 valence electrons. The first-order valence-electron chi connectivity index (χ1n) is 4.02. The van der Waals surface area contributed by atoms with Gasteiger partial charge in [0.2, 0.25) is 0 Å². The summed E-state index contributed by atoms with van der Waals surface area (Å²) in [5.41, 5.74) is 3.25. The number of halogens is 5. The summed E-state index contributed by atoms with van der Waals surface area (Å²) in [6.07, 6.45) is -4.78.